The van der Waals surface area contributed by atoms with Crippen molar-refractivity contribution in [2.45, 2.75) is 31.3 Å². The van der Waals surface area contributed by atoms with Gasteiger partial charge in [0.2, 0.25) is 15.9 Å². The lowest BCUT2D eigenvalue weighted by Crippen LogP contribution is -2.38. The summed E-state index contributed by atoms with van der Waals surface area (Å²) in [6.07, 6.45) is 0.543. The van der Waals surface area contributed by atoms with Crippen LogP contribution in [-0.2, 0) is 27.9 Å². The van der Waals surface area contributed by atoms with Gasteiger partial charge >= 0.3 is 0 Å². The molecule has 3 aromatic rings. The summed E-state index contributed by atoms with van der Waals surface area (Å²) in [6.45, 7) is 2.84. The molecular formula is C29H33F2N3O5S. The van der Waals surface area contributed by atoms with Crippen LogP contribution in [0.1, 0.15) is 24.5 Å². The van der Waals surface area contributed by atoms with Gasteiger partial charge in [-0.25, -0.2) is 17.2 Å². The summed E-state index contributed by atoms with van der Waals surface area (Å²) in [6, 6.07) is 16.2. The molecule has 4 rings (SSSR count). The number of benzene rings is 3. The Hall–Kier alpha value is -3.54. The minimum absolute atomic E-state index is 0.0496. The first-order valence-electron chi connectivity index (χ1n) is 12.9. The lowest BCUT2D eigenvalue weighted by molar-refractivity contribution is -0.116. The summed E-state index contributed by atoms with van der Waals surface area (Å²) in [5.41, 5.74) is 1.37. The Kier molecular flexibility index (Phi) is 9.39. The van der Waals surface area contributed by atoms with Gasteiger partial charge in [0.15, 0.2) is 11.6 Å². The first-order valence-corrected chi connectivity index (χ1v) is 14.3. The van der Waals surface area contributed by atoms with Crippen molar-refractivity contribution in [3.05, 3.63) is 83.4 Å². The van der Waals surface area contributed by atoms with E-state index in [9.17, 15) is 22.0 Å². The van der Waals surface area contributed by atoms with Gasteiger partial charge in [-0.2, -0.15) is 4.31 Å². The predicted molar refractivity (Wildman–Crippen MR) is 148 cm³/mol. The number of methoxy groups -OCH3 is 2. The van der Waals surface area contributed by atoms with Crippen molar-refractivity contribution in [1.29, 1.82) is 0 Å². The van der Waals surface area contributed by atoms with Gasteiger partial charge in [0.05, 0.1) is 19.9 Å². The van der Waals surface area contributed by atoms with Gasteiger partial charge in [0.25, 0.3) is 0 Å². The number of carbonyl (C=O) groups is 1. The average molecular weight is 574 g/mol. The molecule has 0 fully saturated rings. The maximum atomic E-state index is 14.5. The number of amides is 1. The molecule has 0 atom stereocenters. The van der Waals surface area contributed by atoms with Crippen LogP contribution >= 0.6 is 0 Å². The number of hydrogen-bond donors (Lipinski definition) is 0. The molecule has 3 aromatic carbocycles. The van der Waals surface area contributed by atoms with E-state index >= 15 is 0 Å². The smallest absolute Gasteiger partial charge is 0.247 e. The number of fused-ring (bicyclic) bond motifs is 1. The summed E-state index contributed by atoms with van der Waals surface area (Å²) in [5.74, 6) is -2.16. The second-order valence-electron chi connectivity index (χ2n) is 9.54. The molecule has 1 aliphatic rings. The van der Waals surface area contributed by atoms with E-state index in [1.54, 1.807) is 6.07 Å². The Morgan fingerprint density at radius 2 is 1.62 bits per heavy atom. The quantitative estimate of drug-likeness (QED) is 0.434. The summed E-state index contributed by atoms with van der Waals surface area (Å²) >= 11 is 0. The summed E-state index contributed by atoms with van der Waals surface area (Å²) in [4.78, 5) is 16.0. The van der Waals surface area contributed by atoms with Crippen molar-refractivity contribution in [2.24, 2.45) is 0 Å². The van der Waals surface area contributed by atoms with Crippen LogP contribution in [0.3, 0.4) is 0 Å². The summed E-state index contributed by atoms with van der Waals surface area (Å²) in [7, 11) is -1.44. The van der Waals surface area contributed by atoms with E-state index in [1.165, 1.54) is 42.5 Å². The molecular weight excluding hydrogens is 540 g/mol. The van der Waals surface area contributed by atoms with E-state index in [0.29, 0.717) is 31.8 Å². The third-order valence-corrected chi connectivity index (χ3v) is 8.76. The van der Waals surface area contributed by atoms with Crippen LogP contribution in [0.15, 0.2) is 65.6 Å². The fourth-order valence-corrected chi connectivity index (χ4v) is 6.40. The molecule has 0 spiro atoms. The minimum atomic E-state index is -4.23. The average Bonchev–Trinajstić information content (AvgIpc) is 2.97. The topological polar surface area (TPSA) is 79.4 Å². The molecule has 1 aliphatic heterocycles. The second kappa shape index (κ2) is 12.8. The van der Waals surface area contributed by atoms with Crippen LogP contribution in [0.4, 0.5) is 14.5 Å². The van der Waals surface area contributed by atoms with Crippen LogP contribution < -0.4 is 14.4 Å². The molecule has 1 amide bonds. The Bertz CT molecular complexity index is 1450. The van der Waals surface area contributed by atoms with E-state index in [2.05, 4.69) is 4.90 Å². The van der Waals surface area contributed by atoms with E-state index < -0.39 is 21.7 Å². The molecule has 1 heterocycles. The first kappa shape index (κ1) is 29.4. The third-order valence-electron chi connectivity index (χ3n) is 6.90. The van der Waals surface area contributed by atoms with Gasteiger partial charge in [-0.05, 0) is 35.7 Å². The molecule has 0 saturated carbocycles. The summed E-state index contributed by atoms with van der Waals surface area (Å²) < 4.78 is 69.1. The van der Waals surface area contributed by atoms with Crippen molar-refractivity contribution >= 4 is 21.6 Å². The zero-order valence-electron chi connectivity index (χ0n) is 22.8. The van der Waals surface area contributed by atoms with Crippen molar-refractivity contribution in [2.75, 3.05) is 45.3 Å². The van der Waals surface area contributed by atoms with Gasteiger partial charge in [0, 0.05) is 58.3 Å². The molecule has 0 bridgehead atoms. The molecule has 0 N–H and O–H groups in total. The van der Waals surface area contributed by atoms with Gasteiger partial charge in [-0.3, -0.25) is 9.69 Å². The highest BCUT2D eigenvalue weighted by molar-refractivity contribution is 7.89. The Balaban J connectivity index is 1.82. The number of halogens is 2. The predicted octanol–water partition coefficient (Wildman–Crippen LogP) is 4.43. The van der Waals surface area contributed by atoms with Gasteiger partial charge in [-0.15, -0.1) is 0 Å². The molecule has 0 aromatic heterocycles. The number of nitrogens with zero attached hydrogens (tertiary/aromatic N) is 3. The van der Waals surface area contributed by atoms with Crippen molar-refractivity contribution < 1.29 is 31.5 Å². The number of carbonyl (C=O) groups excluding carboxylic acids is 1. The van der Waals surface area contributed by atoms with Crippen molar-refractivity contribution in [1.82, 2.24) is 9.21 Å². The Morgan fingerprint density at radius 3 is 2.30 bits per heavy atom. The first-order chi connectivity index (χ1) is 19.1. The minimum Gasteiger partial charge on any atom is -0.497 e. The van der Waals surface area contributed by atoms with Gasteiger partial charge in [0.1, 0.15) is 16.4 Å². The van der Waals surface area contributed by atoms with Crippen molar-refractivity contribution in [3.63, 3.8) is 0 Å². The zero-order valence-corrected chi connectivity index (χ0v) is 23.6. The lowest BCUT2D eigenvalue weighted by atomic mass is 10.1. The van der Waals surface area contributed by atoms with Crippen molar-refractivity contribution in [3.8, 4) is 11.5 Å². The Morgan fingerprint density at radius 1 is 0.900 bits per heavy atom. The highest BCUT2D eigenvalue weighted by Gasteiger charge is 2.31. The number of anilines is 1. The SMILES string of the molecule is COc1ccc(OC)c(S(=O)(=O)N2CCN(Cc3ccccc3)CCCN(C(C)=O)c3cc(F)c(F)cc3C2)c1. The second-order valence-corrected chi connectivity index (χ2v) is 11.4. The highest BCUT2D eigenvalue weighted by Crippen LogP contribution is 2.33. The zero-order chi connectivity index (χ0) is 28.9. The standard InChI is InChI=1S/C29H33F2N3O5S/c1-21(35)34-13-7-12-32(19-22-8-5-4-6-9-22)14-15-33(20-23-16-25(30)26(31)18-27(23)34)40(36,37)29-17-24(38-2)10-11-28(29)39-3/h4-6,8-11,16-18H,7,12-15,19-20H2,1-3H3. The molecule has 0 aliphatic carbocycles. The van der Waals surface area contributed by atoms with E-state index in [-0.39, 0.29) is 47.4 Å². The van der Waals surface area contributed by atoms with E-state index in [0.717, 1.165) is 17.7 Å². The van der Waals surface area contributed by atoms with E-state index in [4.69, 9.17) is 9.47 Å². The molecule has 0 radical (unpaired) electrons. The number of rotatable bonds is 6. The molecule has 0 unspecified atom stereocenters. The fraction of sp³-hybridized carbons (Fsp3) is 0.345. The monoisotopic (exact) mass is 573 g/mol. The largest absolute Gasteiger partial charge is 0.497 e. The van der Waals surface area contributed by atoms with Crippen LogP contribution in [0.2, 0.25) is 0 Å². The fourth-order valence-electron chi connectivity index (χ4n) is 4.82. The van der Waals surface area contributed by atoms with Crippen LogP contribution in [-0.4, -0.2) is 63.9 Å². The van der Waals surface area contributed by atoms with E-state index in [1.807, 2.05) is 30.3 Å². The van der Waals surface area contributed by atoms with Gasteiger partial charge < -0.3 is 14.4 Å². The summed E-state index contributed by atoms with van der Waals surface area (Å²) in [5, 5.41) is 0. The molecule has 8 nitrogen and oxygen atoms in total. The Labute approximate surface area is 233 Å². The normalized spacial score (nSPS) is 15.7. The molecule has 214 valence electrons. The van der Waals surface area contributed by atoms with Crippen LogP contribution in [0.5, 0.6) is 11.5 Å². The number of hydrogen-bond acceptors (Lipinski definition) is 6. The highest BCUT2D eigenvalue weighted by atomic mass is 32.2. The van der Waals surface area contributed by atoms with Crippen LogP contribution in [0.25, 0.3) is 0 Å². The number of sulfonamides is 1. The number of ether oxygens (including phenoxy) is 2. The lowest BCUT2D eigenvalue weighted by Gasteiger charge is -2.28. The van der Waals surface area contributed by atoms with Gasteiger partial charge in [-0.1, -0.05) is 30.3 Å². The molecule has 11 heteroatoms. The third kappa shape index (κ3) is 6.60. The maximum absolute atomic E-state index is 14.5. The molecule has 40 heavy (non-hydrogen) atoms. The maximum Gasteiger partial charge on any atom is 0.247 e. The van der Waals surface area contributed by atoms with Crippen LogP contribution in [0, 0.1) is 11.6 Å². The molecule has 0 saturated heterocycles.